The lowest BCUT2D eigenvalue weighted by Crippen LogP contribution is -2.71. The second kappa shape index (κ2) is 11.3. The summed E-state index contributed by atoms with van der Waals surface area (Å²) >= 11 is 4.94. The van der Waals surface area contributed by atoms with E-state index in [1.165, 1.54) is 64.4 Å². The van der Waals surface area contributed by atoms with Crippen molar-refractivity contribution in [2.45, 2.75) is 15.8 Å². The maximum absolute atomic E-state index is 13.0. The second-order valence-corrected chi connectivity index (χ2v) is 12.4. The number of β-lactam (4-membered cyclic amide) rings is 1. The highest BCUT2D eigenvalue weighted by Gasteiger charge is 2.54. The smallest absolute Gasteiger partial charge is 0.352 e. The third-order valence-corrected chi connectivity index (χ3v) is 9.90. The van der Waals surface area contributed by atoms with E-state index in [-0.39, 0.29) is 39.5 Å². The molecule has 0 spiro atoms. The zero-order valence-electron chi connectivity index (χ0n) is 20.3. The molecule has 2 amide bonds. The van der Waals surface area contributed by atoms with E-state index < -0.39 is 29.2 Å². The monoisotopic (exact) mass is 621 g/mol. The van der Waals surface area contributed by atoms with E-state index in [1.54, 1.807) is 6.07 Å². The molecule has 2 aliphatic heterocycles. The number of oxime groups is 1. The Morgan fingerprint density at radius 1 is 1.30 bits per heavy atom. The fraction of sp³-hybridized carbons (Fsp3) is 0.227. The molecule has 14 nitrogen and oxygen atoms in total. The molecule has 1 aromatic carbocycles. The molecule has 4 heterocycles. The van der Waals surface area contributed by atoms with Crippen LogP contribution in [0.25, 0.3) is 10.6 Å². The van der Waals surface area contributed by atoms with E-state index >= 15 is 0 Å². The second-order valence-electron chi connectivity index (χ2n) is 8.18. The average Bonchev–Trinajstić information content (AvgIpc) is 3.59. The van der Waals surface area contributed by atoms with Gasteiger partial charge in [0, 0.05) is 22.4 Å². The molecule has 2 atom stereocenters. The van der Waals surface area contributed by atoms with Gasteiger partial charge in [0.2, 0.25) is 0 Å². The number of aliphatic carboxylic acids is 1. The number of nitrogens with one attached hydrogen (secondary N) is 1. The highest BCUT2D eigenvalue weighted by atomic mass is 32.2. The molecule has 1 saturated heterocycles. The van der Waals surface area contributed by atoms with Crippen molar-refractivity contribution in [3.63, 3.8) is 0 Å². The van der Waals surface area contributed by atoms with Gasteiger partial charge in [-0.1, -0.05) is 28.3 Å². The fourth-order valence-electron chi connectivity index (χ4n) is 3.89. The van der Waals surface area contributed by atoms with E-state index in [1.807, 2.05) is 0 Å². The number of carbonyl (C=O) groups excluding carboxylic acids is 2. The van der Waals surface area contributed by atoms with Gasteiger partial charge >= 0.3 is 5.97 Å². The minimum atomic E-state index is -1.25. The standard InChI is InChI=1S/C22H19N7O7S4/c1-36-28-13(10-7-38-21(23)24-10)16(32)25-14-18(33)29-15(20(34)35)9(5-37-19(14)29)6-39-22-27-26-17(40-22)8-2-3-11(30)12(31)4-8/h2-4,7,14,19,30-31H,5-6H2,1H3,(H2,23,24)(H,25,32)(H,34,35)/b28-13-/t14-,19-/m1/s1. The summed E-state index contributed by atoms with van der Waals surface area (Å²) in [5, 5.41) is 45.4. The van der Waals surface area contributed by atoms with E-state index in [0.717, 1.165) is 11.3 Å². The van der Waals surface area contributed by atoms with Crippen molar-refractivity contribution in [1.29, 1.82) is 0 Å². The molecule has 2 aromatic heterocycles. The zero-order chi connectivity index (χ0) is 28.6. The molecular weight excluding hydrogens is 603 g/mol. The maximum atomic E-state index is 13.0. The van der Waals surface area contributed by atoms with Crippen molar-refractivity contribution in [2.24, 2.45) is 5.16 Å². The van der Waals surface area contributed by atoms with Crippen molar-refractivity contribution in [3.8, 4) is 22.1 Å². The van der Waals surface area contributed by atoms with Crippen LogP contribution in [0.4, 0.5) is 5.13 Å². The molecule has 18 heteroatoms. The molecule has 0 aliphatic carbocycles. The Bertz CT molecular complexity index is 1570. The average molecular weight is 622 g/mol. The van der Waals surface area contributed by atoms with Gasteiger partial charge in [0.05, 0.1) is 0 Å². The highest BCUT2D eigenvalue weighted by Crippen LogP contribution is 2.42. The molecule has 0 unspecified atom stereocenters. The van der Waals surface area contributed by atoms with E-state index in [2.05, 4.69) is 25.7 Å². The third-order valence-electron chi connectivity index (χ3n) is 5.70. The van der Waals surface area contributed by atoms with Gasteiger partial charge in [0.1, 0.15) is 34.9 Å². The Labute approximate surface area is 241 Å². The molecular formula is C22H19N7O7S4. The lowest BCUT2D eigenvalue weighted by Gasteiger charge is -2.49. The number of carbonyl (C=O) groups is 3. The Hall–Kier alpha value is -3.87. The maximum Gasteiger partial charge on any atom is 0.352 e. The number of nitrogens with zero attached hydrogens (tertiary/aromatic N) is 5. The number of carboxylic acids is 1. The van der Waals surface area contributed by atoms with Crippen LogP contribution in [0.2, 0.25) is 0 Å². The van der Waals surface area contributed by atoms with E-state index in [4.69, 9.17) is 10.6 Å². The molecule has 208 valence electrons. The summed E-state index contributed by atoms with van der Waals surface area (Å²) in [5.41, 5.74) is 6.64. The van der Waals surface area contributed by atoms with Crippen LogP contribution in [0.3, 0.4) is 0 Å². The van der Waals surface area contributed by atoms with Crippen molar-refractivity contribution in [1.82, 2.24) is 25.4 Å². The lowest BCUT2D eigenvalue weighted by atomic mass is 10.0. The molecule has 0 saturated carbocycles. The fourth-order valence-corrected chi connectivity index (χ4v) is 7.77. The Morgan fingerprint density at radius 2 is 2.10 bits per heavy atom. The molecule has 3 aromatic rings. The highest BCUT2D eigenvalue weighted by molar-refractivity contribution is 8.01. The molecule has 5 rings (SSSR count). The van der Waals surface area contributed by atoms with Crippen LogP contribution >= 0.6 is 46.2 Å². The number of nitrogen functional groups attached to an aromatic ring is 1. The van der Waals surface area contributed by atoms with Gasteiger partial charge in [0.25, 0.3) is 11.8 Å². The number of rotatable bonds is 9. The largest absolute Gasteiger partial charge is 0.504 e. The van der Waals surface area contributed by atoms with Gasteiger partial charge in [-0.05, 0) is 23.8 Å². The number of phenols is 2. The summed E-state index contributed by atoms with van der Waals surface area (Å²) in [7, 11) is 1.26. The first-order valence-electron chi connectivity index (χ1n) is 11.2. The molecule has 0 radical (unpaired) electrons. The molecule has 0 bridgehead atoms. The molecule has 40 heavy (non-hydrogen) atoms. The topological polar surface area (TPSA) is 213 Å². The number of phenolic OH excluding ortho intramolecular Hbond substituents is 2. The quantitative estimate of drug-likeness (QED) is 0.0755. The van der Waals surface area contributed by atoms with E-state index in [0.29, 0.717) is 26.2 Å². The summed E-state index contributed by atoms with van der Waals surface area (Å²) in [6.07, 6.45) is 0. The lowest BCUT2D eigenvalue weighted by molar-refractivity contribution is -0.150. The zero-order valence-corrected chi connectivity index (χ0v) is 23.6. The molecule has 6 N–H and O–H groups in total. The van der Waals surface area contributed by atoms with Crippen LogP contribution in [-0.4, -0.2) is 88.9 Å². The number of thioether (sulfide) groups is 2. The number of hydrogen-bond acceptors (Lipinski definition) is 15. The van der Waals surface area contributed by atoms with Gasteiger partial charge in [-0.15, -0.1) is 33.3 Å². The van der Waals surface area contributed by atoms with Crippen LogP contribution in [0.1, 0.15) is 5.69 Å². The molecule has 2 aliphatic rings. The Kier molecular flexibility index (Phi) is 7.83. The van der Waals surface area contributed by atoms with Gasteiger partial charge in [-0.25, -0.2) is 9.78 Å². The number of anilines is 1. The van der Waals surface area contributed by atoms with Crippen LogP contribution in [0.15, 0.2) is 44.3 Å². The number of aromatic nitrogens is 3. The van der Waals surface area contributed by atoms with Crippen molar-refractivity contribution in [2.75, 3.05) is 24.3 Å². The van der Waals surface area contributed by atoms with Crippen LogP contribution < -0.4 is 11.1 Å². The summed E-state index contributed by atoms with van der Waals surface area (Å²) < 4.78 is 0.555. The minimum Gasteiger partial charge on any atom is -0.504 e. The van der Waals surface area contributed by atoms with Crippen molar-refractivity contribution in [3.05, 3.63) is 40.5 Å². The number of amides is 2. The van der Waals surface area contributed by atoms with E-state index in [9.17, 15) is 29.7 Å². The first-order valence-corrected chi connectivity index (χ1v) is 14.9. The van der Waals surface area contributed by atoms with Crippen LogP contribution in [0, 0.1) is 0 Å². The molecule has 1 fully saturated rings. The SMILES string of the molecule is CO/N=C(\C(=O)N[C@@H]1C(=O)N2C(C(=O)O)=C(CSc3nnc(-c4ccc(O)c(O)c4)s3)CS[C@H]12)c1csc(N)n1. The van der Waals surface area contributed by atoms with Gasteiger partial charge in [-0.3, -0.25) is 14.5 Å². The number of thiazole rings is 1. The van der Waals surface area contributed by atoms with Gasteiger partial charge in [-0.2, -0.15) is 0 Å². The Morgan fingerprint density at radius 3 is 2.77 bits per heavy atom. The van der Waals surface area contributed by atoms with Crippen molar-refractivity contribution >= 4 is 74.8 Å². The van der Waals surface area contributed by atoms with Gasteiger partial charge < -0.3 is 31.2 Å². The summed E-state index contributed by atoms with van der Waals surface area (Å²) in [5.74, 6) is -2.50. The van der Waals surface area contributed by atoms with Gasteiger partial charge in [0.15, 0.2) is 26.7 Å². The number of fused-ring (bicyclic) bond motifs is 1. The van der Waals surface area contributed by atoms with Crippen LogP contribution in [0.5, 0.6) is 11.5 Å². The number of hydrogen-bond donors (Lipinski definition) is 5. The van der Waals surface area contributed by atoms with Crippen LogP contribution in [-0.2, 0) is 19.2 Å². The van der Waals surface area contributed by atoms with Crippen molar-refractivity contribution < 1.29 is 34.5 Å². The first kappa shape index (κ1) is 27.7. The summed E-state index contributed by atoms with van der Waals surface area (Å²) in [4.78, 5) is 48.1. The summed E-state index contributed by atoms with van der Waals surface area (Å²) in [6.45, 7) is 0. The summed E-state index contributed by atoms with van der Waals surface area (Å²) in [6, 6.07) is 3.34. The first-order chi connectivity index (χ1) is 19.2. The third kappa shape index (κ3) is 5.29. The number of carboxylic acid groups (broad SMARTS) is 1. The number of aromatic hydroxyl groups is 2. The number of nitrogens with two attached hydrogens (primary N) is 1. The predicted molar refractivity (Wildman–Crippen MR) is 149 cm³/mol. The number of benzene rings is 1. The minimum absolute atomic E-state index is 0.127. The normalized spacial score (nSPS) is 18.8. The predicted octanol–water partition coefficient (Wildman–Crippen LogP) is 1.54. The Balaban J connectivity index is 1.28.